The van der Waals surface area contributed by atoms with Crippen LogP contribution >= 0.6 is 11.3 Å². The van der Waals surface area contributed by atoms with Gasteiger partial charge in [-0.2, -0.15) is 0 Å². The summed E-state index contributed by atoms with van der Waals surface area (Å²) >= 11 is 1.79. The lowest BCUT2D eigenvalue weighted by Crippen LogP contribution is -2.43. The lowest BCUT2D eigenvalue weighted by atomic mass is 10.1. The maximum absolute atomic E-state index is 12.4. The third-order valence-electron chi connectivity index (χ3n) is 4.55. The second kappa shape index (κ2) is 6.28. The average Bonchev–Trinajstić information content (AvgIpc) is 3.18. The molecule has 6 heteroatoms. The van der Waals surface area contributed by atoms with Gasteiger partial charge in [-0.15, -0.1) is 11.3 Å². The summed E-state index contributed by atoms with van der Waals surface area (Å²) in [7, 11) is 0. The van der Waals surface area contributed by atoms with Crippen LogP contribution in [0.5, 0.6) is 0 Å². The Kier molecular flexibility index (Phi) is 3.98. The van der Waals surface area contributed by atoms with Crippen LogP contribution in [0, 0.1) is 6.92 Å². The van der Waals surface area contributed by atoms with E-state index in [1.54, 1.807) is 11.3 Å². The van der Waals surface area contributed by atoms with E-state index in [0.29, 0.717) is 6.54 Å². The molecule has 0 unspecified atom stereocenters. The number of aromatic nitrogens is 2. The van der Waals surface area contributed by atoms with Crippen molar-refractivity contribution < 1.29 is 4.79 Å². The first-order valence-corrected chi connectivity index (χ1v) is 9.10. The molecule has 124 valence electrons. The smallest absolute Gasteiger partial charge is 0.317 e. The van der Waals surface area contributed by atoms with Crippen LogP contribution in [0.1, 0.15) is 16.3 Å². The molecule has 1 N–H and O–H groups in total. The molecule has 0 atom stereocenters. The van der Waals surface area contributed by atoms with Crippen LogP contribution in [0.3, 0.4) is 0 Å². The number of aryl methyl sites for hydroxylation is 1. The molecule has 0 radical (unpaired) electrons. The van der Waals surface area contributed by atoms with Crippen LogP contribution < -0.4 is 5.32 Å². The van der Waals surface area contributed by atoms with Crippen LogP contribution in [0.2, 0.25) is 0 Å². The Morgan fingerprint density at radius 1 is 1.33 bits per heavy atom. The quantitative estimate of drug-likeness (QED) is 0.796. The number of para-hydroxylation sites is 2. The Hall–Kier alpha value is -2.34. The standard InChI is InChI=1S/C18H20N4OS/c1-13-20-15-4-2-3-5-16(15)22(13)10-8-19-18(23)21-9-6-17-14(12-21)7-11-24-17/h2-5,7,11H,6,8-10,12H2,1H3,(H,19,23). The number of amides is 2. The Morgan fingerprint density at radius 3 is 3.12 bits per heavy atom. The van der Waals surface area contributed by atoms with Crippen molar-refractivity contribution in [3.05, 3.63) is 52.0 Å². The van der Waals surface area contributed by atoms with Crippen LogP contribution in [-0.4, -0.2) is 33.6 Å². The summed E-state index contributed by atoms with van der Waals surface area (Å²) in [4.78, 5) is 20.3. The molecule has 1 aliphatic heterocycles. The van der Waals surface area contributed by atoms with Crippen molar-refractivity contribution in [3.8, 4) is 0 Å². The van der Waals surface area contributed by atoms with Crippen LogP contribution in [-0.2, 0) is 19.5 Å². The first kappa shape index (κ1) is 15.2. The van der Waals surface area contributed by atoms with E-state index in [-0.39, 0.29) is 6.03 Å². The number of nitrogens with one attached hydrogen (secondary N) is 1. The fourth-order valence-electron chi connectivity index (χ4n) is 3.29. The third-order valence-corrected chi connectivity index (χ3v) is 5.57. The van der Waals surface area contributed by atoms with E-state index in [2.05, 4.69) is 32.4 Å². The molecule has 2 amide bonds. The number of rotatable bonds is 3. The molecule has 24 heavy (non-hydrogen) atoms. The highest BCUT2D eigenvalue weighted by Crippen LogP contribution is 2.23. The number of nitrogens with zero attached hydrogens (tertiary/aromatic N) is 3. The SMILES string of the molecule is Cc1nc2ccccc2n1CCNC(=O)N1CCc2sccc2C1. The number of hydrogen-bond acceptors (Lipinski definition) is 3. The van der Waals surface area contributed by atoms with E-state index in [4.69, 9.17) is 0 Å². The summed E-state index contributed by atoms with van der Waals surface area (Å²) in [6.07, 6.45) is 0.964. The van der Waals surface area contributed by atoms with Gasteiger partial charge in [-0.1, -0.05) is 12.1 Å². The first-order chi connectivity index (χ1) is 11.7. The van der Waals surface area contributed by atoms with E-state index >= 15 is 0 Å². The molecule has 0 saturated heterocycles. The van der Waals surface area contributed by atoms with Gasteiger partial charge in [0.05, 0.1) is 11.0 Å². The van der Waals surface area contributed by atoms with Gasteiger partial charge in [0.25, 0.3) is 0 Å². The van der Waals surface area contributed by atoms with E-state index in [9.17, 15) is 4.79 Å². The van der Waals surface area contributed by atoms with Crippen LogP contribution in [0.4, 0.5) is 4.79 Å². The summed E-state index contributed by atoms with van der Waals surface area (Å²) < 4.78 is 2.16. The largest absolute Gasteiger partial charge is 0.336 e. The molecule has 0 saturated carbocycles. The zero-order valence-electron chi connectivity index (χ0n) is 13.7. The second-order valence-electron chi connectivity index (χ2n) is 6.07. The van der Waals surface area contributed by atoms with Gasteiger partial charge in [0.15, 0.2) is 0 Å². The Bertz CT molecular complexity index is 882. The maximum Gasteiger partial charge on any atom is 0.317 e. The summed E-state index contributed by atoms with van der Waals surface area (Å²) in [6.45, 7) is 4.86. The average molecular weight is 340 g/mol. The molecule has 0 spiro atoms. The molecule has 0 aliphatic carbocycles. The zero-order valence-corrected chi connectivity index (χ0v) is 14.5. The summed E-state index contributed by atoms with van der Waals surface area (Å²) in [5.74, 6) is 0.978. The highest BCUT2D eigenvalue weighted by Gasteiger charge is 2.21. The fourth-order valence-corrected chi connectivity index (χ4v) is 4.18. The van der Waals surface area contributed by atoms with Crippen molar-refractivity contribution in [1.29, 1.82) is 0 Å². The van der Waals surface area contributed by atoms with Gasteiger partial charge in [-0.05, 0) is 42.5 Å². The van der Waals surface area contributed by atoms with Gasteiger partial charge in [0.2, 0.25) is 0 Å². The van der Waals surface area contributed by atoms with Crippen molar-refractivity contribution >= 4 is 28.4 Å². The minimum Gasteiger partial charge on any atom is -0.336 e. The van der Waals surface area contributed by atoms with Gasteiger partial charge in [0, 0.05) is 31.1 Å². The topological polar surface area (TPSA) is 50.2 Å². The molecule has 4 rings (SSSR count). The van der Waals surface area contributed by atoms with Gasteiger partial charge in [-0.25, -0.2) is 9.78 Å². The summed E-state index contributed by atoms with van der Waals surface area (Å²) in [5, 5.41) is 5.16. The number of urea groups is 1. The molecule has 5 nitrogen and oxygen atoms in total. The number of thiophene rings is 1. The number of carbonyl (C=O) groups excluding carboxylic acids is 1. The van der Waals surface area contributed by atoms with Gasteiger partial charge in [-0.3, -0.25) is 0 Å². The number of benzene rings is 1. The molecule has 2 aromatic heterocycles. The Labute approximate surface area is 144 Å². The monoisotopic (exact) mass is 340 g/mol. The lowest BCUT2D eigenvalue weighted by Gasteiger charge is -2.27. The van der Waals surface area contributed by atoms with E-state index < -0.39 is 0 Å². The number of carbonyl (C=O) groups is 1. The highest BCUT2D eigenvalue weighted by atomic mass is 32.1. The Balaban J connectivity index is 1.37. The van der Waals surface area contributed by atoms with Crippen molar-refractivity contribution in [2.45, 2.75) is 26.4 Å². The number of hydrogen-bond donors (Lipinski definition) is 1. The predicted molar refractivity (Wildman–Crippen MR) is 96.3 cm³/mol. The van der Waals surface area contributed by atoms with E-state index in [1.165, 1.54) is 10.4 Å². The molecular weight excluding hydrogens is 320 g/mol. The van der Waals surface area contributed by atoms with Gasteiger partial charge < -0.3 is 14.8 Å². The second-order valence-corrected chi connectivity index (χ2v) is 7.07. The molecule has 0 bridgehead atoms. The van der Waals surface area contributed by atoms with Crippen molar-refractivity contribution in [3.63, 3.8) is 0 Å². The molecule has 3 aromatic rings. The van der Waals surface area contributed by atoms with Crippen LogP contribution in [0.15, 0.2) is 35.7 Å². The molecule has 3 heterocycles. The minimum absolute atomic E-state index is 0.0222. The third kappa shape index (κ3) is 2.78. The first-order valence-electron chi connectivity index (χ1n) is 8.22. The predicted octanol–water partition coefficient (Wildman–Crippen LogP) is 3.17. The van der Waals surface area contributed by atoms with Gasteiger partial charge >= 0.3 is 6.03 Å². The van der Waals surface area contributed by atoms with Crippen LogP contribution in [0.25, 0.3) is 11.0 Å². The fraction of sp³-hybridized carbons (Fsp3) is 0.333. The molecule has 1 aliphatic rings. The minimum atomic E-state index is 0.0222. The normalized spacial score (nSPS) is 14.0. The summed E-state index contributed by atoms with van der Waals surface area (Å²) in [5.41, 5.74) is 3.41. The van der Waals surface area contributed by atoms with Crippen molar-refractivity contribution in [1.82, 2.24) is 19.8 Å². The highest BCUT2D eigenvalue weighted by molar-refractivity contribution is 7.10. The van der Waals surface area contributed by atoms with Crippen molar-refractivity contribution in [2.75, 3.05) is 13.1 Å². The molecule has 0 fully saturated rings. The van der Waals surface area contributed by atoms with E-state index in [1.807, 2.05) is 30.0 Å². The molecule has 1 aromatic carbocycles. The van der Waals surface area contributed by atoms with Gasteiger partial charge in [0.1, 0.15) is 5.82 Å². The number of fused-ring (bicyclic) bond motifs is 2. The van der Waals surface area contributed by atoms with E-state index in [0.717, 1.165) is 42.9 Å². The number of imidazole rings is 1. The Morgan fingerprint density at radius 2 is 2.21 bits per heavy atom. The summed E-state index contributed by atoms with van der Waals surface area (Å²) in [6, 6.07) is 10.2. The zero-order chi connectivity index (χ0) is 16.5. The van der Waals surface area contributed by atoms with Crippen molar-refractivity contribution in [2.24, 2.45) is 0 Å². The maximum atomic E-state index is 12.4. The molecular formula is C18H20N4OS. The lowest BCUT2D eigenvalue weighted by molar-refractivity contribution is 0.192.